The highest BCUT2D eigenvalue weighted by Crippen LogP contribution is 2.37. The summed E-state index contributed by atoms with van der Waals surface area (Å²) in [5, 5.41) is 22.7. The van der Waals surface area contributed by atoms with Crippen molar-refractivity contribution in [2.45, 2.75) is 64.4 Å². The summed E-state index contributed by atoms with van der Waals surface area (Å²) in [5.41, 5.74) is 0.927. The summed E-state index contributed by atoms with van der Waals surface area (Å²) in [4.78, 5) is 28.0. The average molecular weight is 435 g/mol. The average Bonchev–Trinajstić information content (AvgIpc) is 3.43. The Balaban J connectivity index is 1.63. The van der Waals surface area contributed by atoms with Gasteiger partial charge in [-0.3, -0.25) is 9.59 Å². The first-order chi connectivity index (χ1) is 14.2. The van der Waals surface area contributed by atoms with Crippen molar-refractivity contribution in [3.8, 4) is 0 Å². The Hall–Kier alpha value is -1.57. The minimum absolute atomic E-state index is 0.0620. The molecular formula is C22H32BClN2O4. The molecule has 1 aromatic rings. The topological polar surface area (TPSA) is 89.9 Å². The molecule has 2 aliphatic rings. The maximum atomic E-state index is 13.1. The zero-order valence-corrected chi connectivity index (χ0v) is 18.5. The molecule has 0 radical (unpaired) electrons. The van der Waals surface area contributed by atoms with Crippen LogP contribution in [0.3, 0.4) is 0 Å². The van der Waals surface area contributed by atoms with Crippen molar-refractivity contribution >= 4 is 36.1 Å². The van der Waals surface area contributed by atoms with Crippen molar-refractivity contribution in [2.24, 2.45) is 17.8 Å². The third-order valence-corrected chi connectivity index (χ3v) is 6.31. The van der Waals surface area contributed by atoms with Crippen LogP contribution < -0.4 is 10.2 Å². The largest absolute Gasteiger partial charge is 0.475 e. The van der Waals surface area contributed by atoms with Gasteiger partial charge in [0.25, 0.3) is 0 Å². The number of rotatable bonds is 11. The lowest BCUT2D eigenvalue weighted by Crippen LogP contribution is -2.54. The van der Waals surface area contributed by atoms with Gasteiger partial charge in [-0.2, -0.15) is 0 Å². The van der Waals surface area contributed by atoms with E-state index < -0.39 is 19.0 Å². The standard InChI is InChI=1S/C22H32BClN2O4/c1-14(2)10-21(23(29)30)25-22(28)16(11-15-6-7-15)12-20(27)19-8-9-26(19)18-5-3-4-17(24)13-18/h3-5,13-16,19,21,29-30H,6-12H2,1-2H3,(H,25,28)/t16-,19+,21+/m1/s1. The van der Waals surface area contributed by atoms with Gasteiger partial charge < -0.3 is 20.3 Å². The number of benzene rings is 1. The first-order valence-electron chi connectivity index (χ1n) is 11.0. The third kappa shape index (κ3) is 6.22. The van der Waals surface area contributed by atoms with Gasteiger partial charge in [-0.25, -0.2) is 0 Å². The number of halogens is 1. The number of carbonyl (C=O) groups is 2. The molecule has 1 aliphatic carbocycles. The molecule has 3 N–H and O–H groups in total. The summed E-state index contributed by atoms with van der Waals surface area (Å²) in [6.45, 7) is 4.73. The summed E-state index contributed by atoms with van der Waals surface area (Å²) in [6.07, 6.45) is 4.28. The van der Waals surface area contributed by atoms with Gasteiger partial charge in [0.2, 0.25) is 5.91 Å². The number of nitrogens with one attached hydrogen (secondary N) is 1. The molecule has 3 atom stereocenters. The number of amides is 1. The van der Waals surface area contributed by atoms with Gasteiger partial charge in [-0.1, -0.05) is 44.4 Å². The Kier molecular flexibility index (Phi) is 7.83. The van der Waals surface area contributed by atoms with E-state index >= 15 is 0 Å². The molecule has 1 aromatic carbocycles. The Bertz CT molecular complexity index is 756. The molecule has 1 amide bonds. The molecule has 6 nitrogen and oxygen atoms in total. The summed E-state index contributed by atoms with van der Waals surface area (Å²) in [5.74, 6) is -0.640. The van der Waals surface area contributed by atoms with Gasteiger partial charge in [0, 0.05) is 29.6 Å². The first-order valence-corrected chi connectivity index (χ1v) is 11.3. The highest BCUT2D eigenvalue weighted by atomic mass is 35.5. The quantitative estimate of drug-likeness (QED) is 0.466. The zero-order valence-electron chi connectivity index (χ0n) is 17.8. The summed E-state index contributed by atoms with van der Waals surface area (Å²) >= 11 is 6.09. The van der Waals surface area contributed by atoms with E-state index in [-0.39, 0.29) is 30.1 Å². The monoisotopic (exact) mass is 434 g/mol. The number of ketones is 1. The number of hydrogen-bond donors (Lipinski definition) is 3. The second kappa shape index (κ2) is 10.2. The van der Waals surface area contributed by atoms with Gasteiger partial charge in [-0.15, -0.1) is 0 Å². The van der Waals surface area contributed by atoms with Crippen LogP contribution in [0.25, 0.3) is 0 Å². The highest BCUT2D eigenvalue weighted by molar-refractivity contribution is 6.43. The molecule has 1 saturated heterocycles. The van der Waals surface area contributed by atoms with Crippen molar-refractivity contribution in [1.29, 1.82) is 0 Å². The predicted octanol–water partition coefficient (Wildman–Crippen LogP) is 2.84. The maximum Gasteiger partial charge on any atom is 0.475 e. The molecule has 0 unspecified atom stereocenters. The van der Waals surface area contributed by atoms with Gasteiger partial charge in [0.15, 0.2) is 5.78 Å². The molecular weight excluding hydrogens is 403 g/mol. The lowest BCUT2D eigenvalue weighted by Gasteiger charge is -2.42. The van der Waals surface area contributed by atoms with Crippen molar-refractivity contribution in [1.82, 2.24) is 5.32 Å². The Morgan fingerprint density at radius 3 is 2.53 bits per heavy atom. The van der Waals surface area contributed by atoms with Gasteiger partial charge in [0.05, 0.1) is 12.0 Å². The fraction of sp³-hybridized carbons (Fsp3) is 0.636. The molecule has 2 fully saturated rings. The van der Waals surface area contributed by atoms with Crippen molar-refractivity contribution in [3.05, 3.63) is 29.3 Å². The third-order valence-electron chi connectivity index (χ3n) is 6.08. The van der Waals surface area contributed by atoms with Gasteiger partial charge in [-0.05, 0) is 49.3 Å². The molecule has 0 aromatic heterocycles. The van der Waals surface area contributed by atoms with E-state index in [1.807, 2.05) is 36.9 Å². The number of nitrogens with zero attached hydrogens (tertiary/aromatic N) is 1. The fourth-order valence-electron chi connectivity index (χ4n) is 4.17. The van der Waals surface area contributed by atoms with Crippen LogP contribution in [0.1, 0.15) is 52.4 Å². The molecule has 30 heavy (non-hydrogen) atoms. The highest BCUT2D eigenvalue weighted by Gasteiger charge is 2.39. The van der Waals surface area contributed by atoms with Crippen molar-refractivity contribution < 1.29 is 19.6 Å². The summed E-state index contributed by atoms with van der Waals surface area (Å²) < 4.78 is 0. The number of Topliss-reactive ketones (excluding diaryl/α,β-unsaturated/α-hetero) is 1. The normalized spacial score (nSPS) is 20.5. The van der Waals surface area contributed by atoms with Crippen LogP contribution in [-0.4, -0.2) is 47.4 Å². The molecule has 0 spiro atoms. The van der Waals surface area contributed by atoms with Crippen LogP contribution in [-0.2, 0) is 9.59 Å². The van der Waals surface area contributed by atoms with Crippen LogP contribution in [0.15, 0.2) is 24.3 Å². The minimum Gasteiger partial charge on any atom is -0.426 e. The van der Waals surface area contributed by atoms with E-state index in [2.05, 4.69) is 5.32 Å². The molecule has 1 heterocycles. The smallest absolute Gasteiger partial charge is 0.426 e. The van der Waals surface area contributed by atoms with Gasteiger partial charge >= 0.3 is 7.12 Å². The molecule has 164 valence electrons. The molecule has 8 heteroatoms. The van der Waals surface area contributed by atoms with Crippen LogP contribution >= 0.6 is 11.6 Å². The van der Waals surface area contributed by atoms with E-state index in [1.54, 1.807) is 6.07 Å². The second-order valence-corrected chi connectivity index (χ2v) is 9.62. The van der Waals surface area contributed by atoms with E-state index in [4.69, 9.17) is 11.6 Å². The lowest BCUT2D eigenvalue weighted by atomic mass is 9.74. The Morgan fingerprint density at radius 2 is 2.00 bits per heavy atom. The predicted molar refractivity (Wildman–Crippen MR) is 119 cm³/mol. The molecule has 0 bridgehead atoms. The first kappa shape index (κ1) is 23.1. The SMILES string of the molecule is CC(C)C[C@H](NC(=O)[C@@H](CC(=O)[C@@H]1CCN1c1cccc(Cl)c1)CC1CC1)B(O)O. The van der Waals surface area contributed by atoms with Crippen LogP contribution in [0.2, 0.25) is 5.02 Å². The lowest BCUT2D eigenvalue weighted by molar-refractivity contribution is -0.131. The fourth-order valence-corrected chi connectivity index (χ4v) is 4.35. The number of carbonyl (C=O) groups excluding carboxylic acids is 2. The van der Waals surface area contributed by atoms with E-state index in [0.29, 0.717) is 23.8 Å². The van der Waals surface area contributed by atoms with Crippen LogP contribution in [0.5, 0.6) is 0 Å². The summed E-state index contributed by atoms with van der Waals surface area (Å²) in [7, 11) is -1.61. The van der Waals surface area contributed by atoms with Crippen LogP contribution in [0.4, 0.5) is 5.69 Å². The molecule has 1 aliphatic heterocycles. The van der Waals surface area contributed by atoms with E-state index in [0.717, 1.165) is 31.5 Å². The second-order valence-electron chi connectivity index (χ2n) is 9.18. The zero-order chi connectivity index (χ0) is 21.8. The molecule has 1 saturated carbocycles. The van der Waals surface area contributed by atoms with Gasteiger partial charge in [0.1, 0.15) is 0 Å². The Labute approximate surface area is 184 Å². The number of anilines is 1. The summed E-state index contributed by atoms with van der Waals surface area (Å²) in [6, 6.07) is 7.25. The van der Waals surface area contributed by atoms with E-state index in [1.165, 1.54) is 0 Å². The van der Waals surface area contributed by atoms with Crippen LogP contribution in [0, 0.1) is 17.8 Å². The minimum atomic E-state index is -1.61. The Morgan fingerprint density at radius 1 is 1.27 bits per heavy atom. The molecule has 3 rings (SSSR count). The maximum absolute atomic E-state index is 13.1. The van der Waals surface area contributed by atoms with Crippen molar-refractivity contribution in [3.63, 3.8) is 0 Å². The van der Waals surface area contributed by atoms with E-state index in [9.17, 15) is 19.6 Å². The van der Waals surface area contributed by atoms with Crippen molar-refractivity contribution in [2.75, 3.05) is 11.4 Å². The number of hydrogen-bond acceptors (Lipinski definition) is 5.